The number of hydrogen-bond donors (Lipinski definition) is 1. The topological polar surface area (TPSA) is 69.2 Å². The van der Waals surface area contributed by atoms with E-state index in [1.165, 1.54) is 12.2 Å². The molecule has 0 saturated carbocycles. The van der Waals surface area contributed by atoms with Crippen molar-refractivity contribution in [2.45, 2.75) is 0 Å². The molecule has 0 aliphatic heterocycles. The Hall–Kier alpha value is -1.82. The van der Waals surface area contributed by atoms with E-state index in [4.69, 9.17) is 5.73 Å². The molecule has 0 radical (unpaired) electrons. The second-order valence-corrected chi connectivity index (χ2v) is 2.72. The average molecular weight is 214 g/mol. The van der Waals surface area contributed by atoms with Crippen molar-refractivity contribution in [3.05, 3.63) is 45.5 Å². The van der Waals surface area contributed by atoms with E-state index in [1.807, 2.05) is 0 Å². The van der Waals surface area contributed by atoms with Crippen molar-refractivity contribution in [3.8, 4) is 0 Å². The zero-order valence-corrected chi connectivity index (χ0v) is 7.61. The smallest absolute Gasteiger partial charge is 0.305 e. The second kappa shape index (κ2) is 4.61. The Bertz CT molecular complexity index is 419. The molecule has 1 rings (SSSR count). The van der Waals surface area contributed by atoms with Gasteiger partial charge in [-0.25, -0.2) is 4.39 Å². The lowest BCUT2D eigenvalue weighted by Gasteiger charge is -1.98. The lowest BCUT2D eigenvalue weighted by Crippen LogP contribution is -1.96. The van der Waals surface area contributed by atoms with Crippen LogP contribution in [0.4, 0.5) is 14.5 Å². The Morgan fingerprint density at radius 2 is 2.07 bits per heavy atom. The van der Waals surface area contributed by atoms with E-state index < -0.39 is 22.2 Å². The highest BCUT2D eigenvalue weighted by Gasteiger charge is 2.16. The standard InChI is InChI=1S/C9H8F2N2O2/c10-7-5-8(11)9(13(14)15)4-6(7)2-1-3-12/h1-2,4-5H,3,12H2. The summed E-state index contributed by atoms with van der Waals surface area (Å²) in [7, 11) is 0. The Balaban J connectivity index is 3.23. The third-order valence-electron chi connectivity index (χ3n) is 1.70. The number of halogens is 2. The number of nitro groups is 1. The van der Waals surface area contributed by atoms with Gasteiger partial charge in [-0.3, -0.25) is 10.1 Å². The molecule has 0 unspecified atom stereocenters. The van der Waals surface area contributed by atoms with Crippen LogP contribution in [0.25, 0.3) is 6.08 Å². The summed E-state index contributed by atoms with van der Waals surface area (Å²) < 4.78 is 25.9. The molecule has 0 fully saturated rings. The Morgan fingerprint density at radius 3 is 2.60 bits per heavy atom. The van der Waals surface area contributed by atoms with Crippen molar-refractivity contribution in [2.24, 2.45) is 5.73 Å². The molecule has 1 aromatic carbocycles. The highest BCUT2D eigenvalue weighted by atomic mass is 19.1. The lowest BCUT2D eigenvalue weighted by atomic mass is 10.1. The number of hydrogen-bond acceptors (Lipinski definition) is 3. The first-order valence-corrected chi connectivity index (χ1v) is 4.06. The van der Waals surface area contributed by atoms with E-state index in [9.17, 15) is 18.9 Å². The van der Waals surface area contributed by atoms with Crippen LogP contribution >= 0.6 is 0 Å². The van der Waals surface area contributed by atoms with Gasteiger partial charge < -0.3 is 5.73 Å². The summed E-state index contributed by atoms with van der Waals surface area (Å²) in [5, 5.41) is 10.4. The average Bonchev–Trinajstić information content (AvgIpc) is 2.16. The molecule has 15 heavy (non-hydrogen) atoms. The van der Waals surface area contributed by atoms with Crippen LogP contribution in [-0.4, -0.2) is 11.5 Å². The van der Waals surface area contributed by atoms with Crippen molar-refractivity contribution < 1.29 is 13.7 Å². The van der Waals surface area contributed by atoms with Gasteiger partial charge in [0.05, 0.1) is 4.92 Å². The minimum Gasteiger partial charge on any atom is -0.327 e. The Labute approximate surface area is 84.2 Å². The van der Waals surface area contributed by atoms with Crippen molar-refractivity contribution >= 4 is 11.8 Å². The van der Waals surface area contributed by atoms with Gasteiger partial charge in [-0.05, 0) is 0 Å². The number of nitrogens with two attached hydrogens (primary N) is 1. The summed E-state index contributed by atoms with van der Waals surface area (Å²) in [6.07, 6.45) is 2.68. The fraction of sp³-hybridized carbons (Fsp3) is 0.111. The molecule has 0 aliphatic rings. The largest absolute Gasteiger partial charge is 0.327 e. The first-order chi connectivity index (χ1) is 7.06. The molecule has 0 heterocycles. The number of rotatable bonds is 3. The minimum atomic E-state index is -1.19. The fourth-order valence-electron chi connectivity index (χ4n) is 1.02. The molecule has 6 heteroatoms. The van der Waals surface area contributed by atoms with Gasteiger partial charge in [-0.2, -0.15) is 4.39 Å². The molecular weight excluding hydrogens is 206 g/mol. The Morgan fingerprint density at radius 1 is 1.40 bits per heavy atom. The van der Waals surface area contributed by atoms with E-state index >= 15 is 0 Å². The SMILES string of the molecule is NCC=Cc1cc([N+](=O)[O-])c(F)cc1F. The van der Waals surface area contributed by atoms with Gasteiger partial charge in [0, 0.05) is 24.2 Å². The normalized spacial score (nSPS) is 10.9. The zero-order chi connectivity index (χ0) is 11.4. The first-order valence-electron chi connectivity index (χ1n) is 4.06. The van der Waals surface area contributed by atoms with E-state index in [0.717, 1.165) is 6.07 Å². The molecule has 0 atom stereocenters. The summed E-state index contributed by atoms with van der Waals surface area (Å²) in [5.41, 5.74) is 4.32. The summed E-state index contributed by atoms with van der Waals surface area (Å²) >= 11 is 0. The summed E-state index contributed by atoms with van der Waals surface area (Å²) in [6, 6.07) is 1.31. The van der Waals surface area contributed by atoms with Crippen molar-refractivity contribution in [3.63, 3.8) is 0 Å². The number of benzene rings is 1. The van der Waals surface area contributed by atoms with Gasteiger partial charge >= 0.3 is 5.69 Å². The molecule has 0 amide bonds. The van der Waals surface area contributed by atoms with Crippen molar-refractivity contribution in [2.75, 3.05) is 6.54 Å². The summed E-state index contributed by atoms with van der Waals surface area (Å²) in [6.45, 7) is 0.171. The molecule has 0 aromatic heterocycles. The molecule has 2 N–H and O–H groups in total. The van der Waals surface area contributed by atoms with Gasteiger partial charge in [0.15, 0.2) is 0 Å². The third-order valence-corrected chi connectivity index (χ3v) is 1.70. The van der Waals surface area contributed by atoms with Gasteiger partial charge in [-0.1, -0.05) is 12.2 Å². The van der Waals surface area contributed by atoms with Crippen LogP contribution in [0.3, 0.4) is 0 Å². The highest BCUT2D eigenvalue weighted by Crippen LogP contribution is 2.22. The first kappa shape index (κ1) is 11.3. The Kier molecular flexibility index (Phi) is 3.46. The van der Waals surface area contributed by atoms with Crippen LogP contribution in [0.1, 0.15) is 5.56 Å². The summed E-state index contributed by atoms with van der Waals surface area (Å²) in [4.78, 5) is 9.45. The van der Waals surface area contributed by atoms with Gasteiger partial charge in [-0.15, -0.1) is 0 Å². The summed E-state index contributed by atoms with van der Waals surface area (Å²) in [5.74, 6) is -2.05. The van der Waals surface area contributed by atoms with E-state index in [2.05, 4.69) is 0 Å². The highest BCUT2D eigenvalue weighted by molar-refractivity contribution is 5.54. The van der Waals surface area contributed by atoms with E-state index in [1.54, 1.807) is 0 Å². The van der Waals surface area contributed by atoms with Crippen LogP contribution in [0.2, 0.25) is 0 Å². The molecule has 0 spiro atoms. The maximum Gasteiger partial charge on any atom is 0.305 e. The van der Waals surface area contributed by atoms with Crippen molar-refractivity contribution in [1.29, 1.82) is 0 Å². The van der Waals surface area contributed by atoms with Gasteiger partial charge in [0.2, 0.25) is 5.82 Å². The van der Waals surface area contributed by atoms with Gasteiger partial charge in [0.25, 0.3) is 0 Å². The quantitative estimate of drug-likeness (QED) is 0.616. The molecule has 0 aliphatic carbocycles. The van der Waals surface area contributed by atoms with E-state index in [0.29, 0.717) is 6.07 Å². The third kappa shape index (κ3) is 2.57. The molecule has 4 nitrogen and oxygen atoms in total. The van der Waals surface area contributed by atoms with Crippen LogP contribution in [0, 0.1) is 21.7 Å². The van der Waals surface area contributed by atoms with Gasteiger partial charge in [0.1, 0.15) is 5.82 Å². The lowest BCUT2D eigenvalue weighted by molar-refractivity contribution is -0.387. The maximum atomic E-state index is 13.1. The minimum absolute atomic E-state index is 0.0615. The van der Waals surface area contributed by atoms with Crippen LogP contribution < -0.4 is 5.73 Å². The van der Waals surface area contributed by atoms with Crippen LogP contribution in [-0.2, 0) is 0 Å². The predicted molar refractivity (Wildman–Crippen MR) is 51.1 cm³/mol. The molecule has 1 aromatic rings. The number of nitro benzene ring substituents is 1. The fourth-order valence-corrected chi connectivity index (χ4v) is 1.02. The molecule has 80 valence electrons. The van der Waals surface area contributed by atoms with Crippen LogP contribution in [0.15, 0.2) is 18.2 Å². The van der Waals surface area contributed by atoms with Crippen molar-refractivity contribution in [1.82, 2.24) is 0 Å². The molecule has 0 bridgehead atoms. The second-order valence-electron chi connectivity index (χ2n) is 2.72. The predicted octanol–water partition coefficient (Wildman–Crippen LogP) is 1.84. The van der Waals surface area contributed by atoms with Crippen LogP contribution in [0.5, 0.6) is 0 Å². The molecule has 0 saturated heterocycles. The number of nitrogens with zero attached hydrogens (tertiary/aromatic N) is 1. The van der Waals surface area contributed by atoms with E-state index in [-0.39, 0.29) is 12.1 Å². The maximum absolute atomic E-state index is 13.1. The monoisotopic (exact) mass is 214 g/mol. The zero-order valence-electron chi connectivity index (χ0n) is 7.61. The molecular formula is C9H8F2N2O2.